The van der Waals surface area contributed by atoms with Crippen LogP contribution >= 0.6 is 0 Å². The van der Waals surface area contributed by atoms with Gasteiger partial charge in [-0.3, -0.25) is 0 Å². The molecule has 2 nitrogen and oxygen atoms in total. The Morgan fingerprint density at radius 2 is 0.767 bits per heavy atom. The van der Waals surface area contributed by atoms with Gasteiger partial charge in [0.05, 0.1) is 16.7 Å². The molecule has 282 valence electrons. The van der Waals surface area contributed by atoms with Crippen LogP contribution in [0.5, 0.6) is 0 Å². The van der Waals surface area contributed by atoms with Crippen molar-refractivity contribution in [3.05, 3.63) is 243 Å². The Morgan fingerprint density at radius 1 is 0.283 bits per heavy atom. The van der Waals surface area contributed by atoms with Gasteiger partial charge >= 0.3 is 0 Å². The summed E-state index contributed by atoms with van der Waals surface area (Å²) in [5, 5.41) is 5.00. The Kier molecular flexibility index (Phi) is 8.87. The van der Waals surface area contributed by atoms with Crippen LogP contribution in [-0.4, -0.2) is 4.57 Å². The molecule has 0 atom stereocenters. The van der Waals surface area contributed by atoms with Crippen molar-refractivity contribution in [2.45, 2.75) is 0 Å². The summed E-state index contributed by atoms with van der Waals surface area (Å²) in [7, 11) is 0. The third-order valence-electron chi connectivity index (χ3n) is 11.8. The van der Waals surface area contributed by atoms with E-state index in [0.717, 1.165) is 33.9 Å². The molecule has 0 spiro atoms. The highest BCUT2D eigenvalue weighted by Gasteiger charge is 2.20. The number of aromatic nitrogens is 1. The summed E-state index contributed by atoms with van der Waals surface area (Å²) < 4.78 is 2.39. The minimum atomic E-state index is 1.08. The summed E-state index contributed by atoms with van der Waals surface area (Å²) in [5.74, 6) is 0. The topological polar surface area (TPSA) is 8.17 Å². The average Bonchev–Trinajstić information content (AvgIpc) is 3.67. The standard InChI is InChI=1S/C58H40N2/c1-3-15-41(16-4-1)42-29-34-48(35-30-42)59(58-40-47(33-38-53(58)45-17-5-2-6-18-45)52-26-14-20-44-19-7-8-23-51(44)52)49-36-31-43(32-37-49)46-21-13-22-50(39-46)60-56-27-11-9-24-54(56)55-25-10-12-28-57(55)60/h1-40H. The maximum Gasteiger partial charge on any atom is 0.0546 e. The van der Waals surface area contributed by atoms with Gasteiger partial charge in [-0.25, -0.2) is 0 Å². The van der Waals surface area contributed by atoms with Crippen molar-refractivity contribution in [3.63, 3.8) is 0 Å². The van der Waals surface area contributed by atoms with Crippen LogP contribution in [0.1, 0.15) is 0 Å². The number of hydrogen-bond acceptors (Lipinski definition) is 1. The molecule has 2 heteroatoms. The third kappa shape index (κ3) is 6.32. The Bertz CT molecular complexity index is 3230. The zero-order chi connectivity index (χ0) is 39.8. The second-order valence-corrected chi connectivity index (χ2v) is 15.3. The molecule has 60 heavy (non-hydrogen) atoms. The molecule has 0 aliphatic heterocycles. The maximum atomic E-state index is 2.42. The molecule has 1 aromatic heterocycles. The van der Waals surface area contributed by atoms with E-state index < -0.39 is 0 Å². The summed E-state index contributed by atoms with van der Waals surface area (Å²) >= 11 is 0. The van der Waals surface area contributed by atoms with Crippen LogP contribution in [0, 0.1) is 0 Å². The molecule has 10 aromatic carbocycles. The smallest absolute Gasteiger partial charge is 0.0546 e. The molecule has 0 unspecified atom stereocenters. The van der Waals surface area contributed by atoms with Crippen molar-refractivity contribution in [1.82, 2.24) is 4.57 Å². The van der Waals surface area contributed by atoms with Crippen molar-refractivity contribution in [2.75, 3.05) is 4.90 Å². The lowest BCUT2D eigenvalue weighted by molar-refractivity contribution is 1.18. The first-order chi connectivity index (χ1) is 29.8. The maximum absolute atomic E-state index is 2.42. The van der Waals surface area contributed by atoms with E-state index in [1.807, 2.05) is 0 Å². The van der Waals surface area contributed by atoms with Crippen LogP contribution in [0.15, 0.2) is 243 Å². The summed E-state index contributed by atoms with van der Waals surface area (Å²) in [4.78, 5) is 2.42. The number of hydrogen-bond donors (Lipinski definition) is 0. The van der Waals surface area contributed by atoms with E-state index >= 15 is 0 Å². The lowest BCUT2D eigenvalue weighted by Crippen LogP contribution is -2.11. The monoisotopic (exact) mass is 764 g/mol. The van der Waals surface area contributed by atoms with Gasteiger partial charge in [0.2, 0.25) is 0 Å². The molecule has 11 rings (SSSR count). The molecular formula is C58H40N2. The van der Waals surface area contributed by atoms with Gasteiger partial charge in [0.15, 0.2) is 0 Å². The molecule has 0 fully saturated rings. The number of para-hydroxylation sites is 2. The van der Waals surface area contributed by atoms with E-state index in [4.69, 9.17) is 0 Å². The highest BCUT2D eigenvalue weighted by atomic mass is 15.1. The Labute approximate surface area is 350 Å². The molecule has 0 saturated heterocycles. The number of nitrogens with zero attached hydrogens (tertiary/aromatic N) is 2. The number of rotatable bonds is 8. The molecule has 0 aliphatic rings. The van der Waals surface area contributed by atoms with E-state index in [9.17, 15) is 0 Å². The zero-order valence-corrected chi connectivity index (χ0v) is 33.0. The fourth-order valence-electron chi connectivity index (χ4n) is 8.91. The van der Waals surface area contributed by atoms with Crippen molar-refractivity contribution in [3.8, 4) is 50.2 Å². The minimum Gasteiger partial charge on any atom is -0.310 e. The first-order valence-corrected chi connectivity index (χ1v) is 20.6. The van der Waals surface area contributed by atoms with Crippen molar-refractivity contribution >= 4 is 49.6 Å². The molecule has 1 heterocycles. The van der Waals surface area contributed by atoms with E-state index in [1.165, 1.54) is 66.0 Å². The van der Waals surface area contributed by atoms with Gasteiger partial charge in [-0.2, -0.15) is 0 Å². The highest BCUT2D eigenvalue weighted by Crippen LogP contribution is 2.45. The van der Waals surface area contributed by atoms with Crippen molar-refractivity contribution in [1.29, 1.82) is 0 Å². The first kappa shape index (κ1) is 35.2. The van der Waals surface area contributed by atoms with Gasteiger partial charge < -0.3 is 9.47 Å². The molecule has 0 bridgehead atoms. The molecule has 0 radical (unpaired) electrons. The molecular weight excluding hydrogens is 725 g/mol. The SMILES string of the molecule is c1ccc(-c2ccc(N(c3ccc(-c4cccc(-n5c6ccccc6c6ccccc65)c4)cc3)c3cc(-c4cccc5ccccc45)ccc3-c3ccccc3)cc2)cc1. The van der Waals surface area contributed by atoms with Crippen LogP contribution in [0.3, 0.4) is 0 Å². The number of anilines is 3. The normalized spacial score (nSPS) is 11.3. The van der Waals surface area contributed by atoms with Crippen LogP contribution < -0.4 is 4.90 Å². The van der Waals surface area contributed by atoms with Gasteiger partial charge in [0.1, 0.15) is 0 Å². The van der Waals surface area contributed by atoms with Crippen LogP contribution in [0.2, 0.25) is 0 Å². The lowest BCUT2D eigenvalue weighted by Gasteiger charge is -2.29. The van der Waals surface area contributed by atoms with E-state index in [-0.39, 0.29) is 0 Å². The van der Waals surface area contributed by atoms with Gasteiger partial charge in [-0.05, 0) is 104 Å². The van der Waals surface area contributed by atoms with Gasteiger partial charge in [-0.15, -0.1) is 0 Å². The third-order valence-corrected chi connectivity index (χ3v) is 11.8. The van der Waals surface area contributed by atoms with E-state index in [1.54, 1.807) is 0 Å². The molecule has 11 aromatic rings. The minimum absolute atomic E-state index is 1.08. The Morgan fingerprint density at radius 3 is 1.43 bits per heavy atom. The Balaban J connectivity index is 1.06. The van der Waals surface area contributed by atoms with Crippen LogP contribution in [0.25, 0.3) is 82.8 Å². The fraction of sp³-hybridized carbons (Fsp3) is 0. The van der Waals surface area contributed by atoms with Crippen LogP contribution in [0.4, 0.5) is 17.1 Å². The van der Waals surface area contributed by atoms with E-state index in [2.05, 4.69) is 252 Å². The highest BCUT2D eigenvalue weighted by molar-refractivity contribution is 6.09. The Hall–Kier alpha value is -7.94. The predicted octanol–water partition coefficient (Wildman–Crippen LogP) is 16.1. The van der Waals surface area contributed by atoms with E-state index in [0.29, 0.717) is 0 Å². The summed E-state index contributed by atoms with van der Waals surface area (Å²) in [6.45, 7) is 0. The summed E-state index contributed by atoms with van der Waals surface area (Å²) in [6, 6.07) is 87.9. The second kappa shape index (κ2) is 15.1. The number of fused-ring (bicyclic) bond motifs is 4. The van der Waals surface area contributed by atoms with Gasteiger partial charge in [0.25, 0.3) is 0 Å². The molecule has 0 saturated carbocycles. The number of benzene rings is 10. The molecule has 0 N–H and O–H groups in total. The summed E-state index contributed by atoms with van der Waals surface area (Å²) in [5.41, 5.74) is 16.3. The first-order valence-electron chi connectivity index (χ1n) is 20.6. The largest absolute Gasteiger partial charge is 0.310 e. The predicted molar refractivity (Wildman–Crippen MR) is 255 cm³/mol. The van der Waals surface area contributed by atoms with Gasteiger partial charge in [-0.1, -0.05) is 188 Å². The molecule has 0 amide bonds. The van der Waals surface area contributed by atoms with Gasteiger partial charge in [0, 0.05) is 33.4 Å². The zero-order valence-electron chi connectivity index (χ0n) is 33.0. The fourth-order valence-corrected chi connectivity index (χ4v) is 8.91. The lowest BCUT2D eigenvalue weighted by atomic mass is 9.94. The summed E-state index contributed by atoms with van der Waals surface area (Å²) in [6.07, 6.45) is 0. The van der Waals surface area contributed by atoms with Crippen molar-refractivity contribution in [2.24, 2.45) is 0 Å². The van der Waals surface area contributed by atoms with Crippen molar-refractivity contribution < 1.29 is 0 Å². The quantitative estimate of drug-likeness (QED) is 0.150. The second-order valence-electron chi connectivity index (χ2n) is 15.3. The van der Waals surface area contributed by atoms with Crippen LogP contribution in [-0.2, 0) is 0 Å². The molecule has 0 aliphatic carbocycles. The average molecular weight is 765 g/mol.